The topological polar surface area (TPSA) is 26.3 Å². The summed E-state index contributed by atoms with van der Waals surface area (Å²) in [6.45, 7) is 4.44. The van der Waals surface area contributed by atoms with Crippen LogP contribution in [0.2, 0.25) is 0 Å². The second-order valence-corrected chi connectivity index (χ2v) is 5.30. The van der Waals surface area contributed by atoms with E-state index in [1.807, 2.05) is 0 Å². The van der Waals surface area contributed by atoms with E-state index in [2.05, 4.69) is 4.74 Å². The Morgan fingerprint density at radius 2 is 1.38 bits per heavy atom. The summed E-state index contributed by atoms with van der Waals surface area (Å²) in [5.74, 6) is -17.4. The van der Waals surface area contributed by atoms with Gasteiger partial charge in [0.15, 0.2) is 0 Å². The second kappa shape index (κ2) is 6.39. The average Bonchev–Trinajstić information content (AvgIpc) is 2.32. The molecule has 0 aromatic carbocycles. The number of hydrogen-bond acceptors (Lipinski definition) is 2. The molecule has 0 amide bonds. The van der Waals surface area contributed by atoms with Crippen molar-refractivity contribution < 1.29 is 40.3 Å². The first-order chi connectivity index (χ1) is 9.16. The summed E-state index contributed by atoms with van der Waals surface area (Å²) >= 11 is 0. The van der Waals surface area contributed by atoms with E-state index >= 15 is 0 Å². The minimum Gasteiger partial charge on any atom is -0.465 e. The van der Waals surface area contributed by atoms with Crippen LogP contribution in [0.4, 0.5) is 30.7 Å². The zero-order chi connectivity index (χ0) is 17.2. The van der Waals surface area contributed by atoms with Gasteiger partial charge in [-0.2, -0.15) is 30.7 Å². The first kappa shape index (κ1) is 20.0. The molecule has 2 unspecified atom stereocenters. The van der Waals surface area contributed by atoms with Gasteiger partial charge in [-0.3, -0.25) is 4.79 Å². The van der Waals surface area contributed by atoms with Gasteiger partial charge in [0.2, 0.25) is 0 Å². The highest BCUT2D eigenvalue weighted by Crippen LogP contribution is 2.51. The molecule has 0 spiro atoms. The van der Waals surface area contributed by atoms with Gasteiger partial charge < -0.3 is 4.74 Å². The van der Waals surface area contributed by atoms with E-state index < -0.39 is 35.8 Å². The molecule has 0 aliphatic heterocycles. The fraction of sp³-hybridized carbons (Fsp3) is 0.917. The molecule has 2 nitrogen and oxygen atoms in total. The maximum atomic E-state index is 13.4. The molecule has 0 fully saturated rings. The van der Waals surface area contributed by atoms with Crippen LogP contribution in [0.15, 0.2) is 0 Å². The van der Waals surface area contributed by atoms with Gasteiger partial charge in [-0.1, -0.05) is 27.7 Å². The Hall–Kier alpha value is -1.02. The average molecular weight is 326 g/mol. The van der Waals surface area contributed by atoms with Gasteiger partial charge in [0.1, 0.15) is 0 Å². The van der Waals surface area contributed by atoms with Crippen molar-refractivity contribution in [3.8, 4) is 0 Å². The van der Waals surface area contributed by atoms with E-state index in [1.54, 1.807) is 13.8 Å². The minimum atomic E-state index is -6.41. The van der Waals surface area contributed by atoms with Crippen molar-refractivity contribution in [2.45, 2.75) is 45.7 Å². The number of esters is 1. The third-order valence-electron chi connectivity index (χ3n) is 3.03. The van der Waals surface area contributed by atoms with Crippen LogP contribution in [0.5, 0.6) is 0 Å². The number of ether oxygens (including phenoxy) is 1. The maximum Gasteiger partial charge on any atom is 0.459 e. The molecular weight excluding hydrogens is 309 g/mol. The zero-order valence-corrected chi connectivity index (χ0v) is 11.9. The van der Waals surface area contributed by atoms with Crippen molar-refractivity contribution in [1.29, 1.82) is 0 Å². The highest BCUT2D eigenvalue weighted by atomic mass is 19.4. The number of alkyl halides is 7. The molecule has 126 valence electrons. The third kappa shape index (κ3) is 4.23. The van der Waals surface area contributed by atoms with Gasteiger partial charge in [-0.15, -0.1) is 0 Å². The summed E-state index contributed by atoms with van der Waals surface area (Å²) in [7, 11) is 0. The fourth-order valence-corrected chi connectivity index (χ4v) is 1.37. The van der Waals surface area contributed by atoms with Crippen LogP contribution in [0, 0.1) is 17.8 Å². The Bertz CT molecular complexity index is 363. The number of rotatable bonds is 6. The lowest BCUT2D eigenvalue weighted by molar-refractivity contribution is -0.367. The van der Waals surface area contributed by atoms with Gasteiger partial charge in [0.05, 0.1) is 12.5 Å². The predicted molar refractivity (Wildman–Crippen MR) is 60.1 cm³/mol. The van der Waals surface area contributed by atoms with Crippen LogP contribution < -0.4 is 0 Å². The van der Waals surface area contributed by atoms with Crippen LogP contribution in [0.1, 0.15) is 27.7 Å². The summed E-state index contributed by atoms with van der Waals surface area (Å²) in [6, 6.07) is 0. The highest BCUT2D eigenvalue weighted by molar-refractivity contribution is 5.72. The smallest absolute Gasteiger partial charge is 0.459 e. The van der Waals surface area contributed by atoms with Gasteiger partial charge in [0, 0.05) is 5.92 Å². The third-order valence-corrected chi connectivity index (χ3v) is 3.03. The van der Waals surface area contributed by atoms with E-state index in [1.165, 1.54) is 0 Å². The molecule has 0 aromatic rings. The summed E-state index contributed by atoms with van der Waals surface area (Å²) < 4.78 is 93.4. The number of hydrogen-bond donors (Lipinski definition) is 0. The van der Waals surface area contributed by atoms with Crippen molar-refractivity contribution >= 4 is 5.97 Å². The van der Waals surface area contributed by atoms with Crippen LogP contribution in [-0.2, 0) is 9.53 Å². The summed E-state index contributed by atoms with van der Waals surface area (Å²) in [5, 5.41) is 0. The zero-order valence-electron chi connectivity index (χ0n) is 11.9. The normalized spacial score (nSPS) is 16.8. The van der Waals surface area contributed by atoms with Gasteiger partial charge in [-0.25, -0.2) is 0 Å². The van der Waals surface area contributed by atoms with Crippen molar-refractivity contribution in [3.05, 3.63) is 0 Å². The van der Waals surface area contributed by atoms with Crippen molar-refractivity contribution in [1.82, 2.24) is 0 Å². The van der Waals surface area contributed by atoms with Crippen LogP contribution in [0.25, 0.3) is 0 Å². The first-order valence-corrected chi connectivity index (χ1v) is 6.15. The SMILES string of the molecule is CC(C)COC(=O)C(C)C(C)C(F)(F)C(F)(F)C(F)(F)F. The number of carbonyl (C=O) groups excluding carboxylic acids is 1. The van der Waals surface area contributed by atoms with E-state index in [-0.39, 0.29) is 12.5 Å². The lowest BCUT2D eigenvalue weighted by atomic mass is 9.86. The Kier molecular flexibility index (Phi) is 6.08. The van der Waals surface area contributed by atoms with Crippen LogP contribution in [0.3, 0.4) is 0 Å². The van der Waals surface area contributed by atoms with Gasteiger partial charge in [-0.05, 0) is 5.92 Å². The molecule has 0 aliphatic rings. The second-order valence-electron chi connectivity index (χ2n) is 5.30. The van der Waals surface area contributed by atoms with E-state index in [0.29, 0.717) is 6.92 Å². The molecule has 0 saturated carbocycles. The lowest BCUT2D eigenvalue weighted by Crippen LogP contribution is -2.56. The molecule has 0 rings (SSSR count). The Morgan fingerprint density at radius 1 is 0.952 bits per heavy atom. The predicted octanol–water partition coefficient (Wildman–Crippen LogP) is 4.29. The van der Waals surface area contributed by atoms with Crippen molar-refractivity contribution in [2.75, 3.05) is 6.61 Å². The molecule has 0 aliphatic carbocycles. The molecular formula is C12H17F7O2. The molecule has 2 atom stereocenters. The molecule has 0 aromatic heterocycles. The van der Waals surface area contributed by atoms with E-state index in [0.717, 1.165) is 6.92 Å². The summed E-state index contributed by atoms with van der Waals surface area (Å²) in [6.07, 6.45) is -6.41. The quantitative estimate of drug-likeness (QED) is 0.538. The summed E-state index contributed by atoms with van der Waals surface area (Å²) in [5.41, 5.74) is 0. The highest BCUT2D eigenvalue weighted by Gasteiger charge is 2.75. The first-order valence-electron chi connectivity index (χ1n) is 6.15. The fourth-order valence-electron chi connectivity index (χ4n) is 1.37. The molecule has 0 N–H and O–H groups in total. The molecule has 21 heavy (non-hydrogen) atoms. The maximum absolute atomic E-state index is 13.4. The minimum absolute atomic E-state index is 0.131. The molecule has 0 saturated heterocycles. The molecule has 0 bridgehead atoms. The molecule has 0 heterocycles. The Morgan fingerprint density at radius 3 is 1.71 bits per heavy atom. The van der Waals surface area contributed by atoms with Gasteiger partial charge in [0.25, 0.3) is 0 Å². The van der Waals surface area contributed by atoms with E-state index in [4.69, 9.17) is 0 Å². The summed E-state index contributed by atoms with van der Waals surface area (Å²) in [4.78, 5) is 11.4. The largest absolute Gasteiger partial charge is 0.465 e. The molecule has 0 radical (unpaired) electrons. The monoisotopic (exact) mass is 326 g/mol. The van der Waals surface area contributed by atoms with Gasteiger partial charge >= 0.3 is 24.0 Å². The van der Waals surface area contributed by atoms with Crippen LogP contribution in [-0.4, -0.2) is 30.6 Å². The molecule has 9 heteroatoms. The number of carbonyl (C=O) groups is 1. The van der Waals surface area contributed by atoms with E-state index in [9.17, 15) is 35.5 Å². The number of halogens is 7. The van der Waals surface area contributed by atoms with Crippen molar-refractivity contribution in [2.24, 2.45) is 17.8 Å². The Balaban J connectivity index is 5.13. The Labute approximate surface area is 117 Å². The van der Waals surface area contributed by atoms with Crippen molar-refractivity contribution in [3.63, 3.8) is 0 Å². The van der Waals surface area contributed by atoms with Crippen LogP contribution >= 0.6 is 0 Å². The standard InChI is InChI=1S/C12H17F7O2/c1-6(2)5-21-9(20)7(3)8(4)10(13,14)11(15,16)12(17,18)19/h6-8H,5H2,1-4H3. The lowest BCUT2D eigenvalue weighted by Gasteiger charge is -2.34.